The Labute approximate surface area is 150 Å². The van der Waals surface area contributed by atoms with Crippen LogP contribution in [0.5, 0.6) is 0 Å². The van der Waals surface area contributed by atoms with Gasteiger partial charge in [-0.2, -0.15) is 0 Å². The molecule has 4 heteroatoms. The topological polar surface area (TPSA) is 72.5 Å². The SMILES string of the molecule is CC(=O)O[C@@H]1C[C@H]2[C@@H]3C=C[C@@H]4C[C@@H](O)C=C[C@]4(C)[C@H]3CC[C@]2(C)[C@H]1N. The van der Waals surface area contributed by atoms with Gasteiger partial charge in [-0.15, -0.1) is 0 Å². The van der Waals surface area contributed by atoms with Crippen molar-refractivity contribution in [3.63, 3.8) is 0 Å². The van der Waals surface area contributed by atoms with Crippen LogP contribution in [-0.4, -0.2) is 29.3 Å². The number of fused-ring (bicyclic) bond motifs is 5. The first-order chi connectivity index (χ1) is 11.8. The third kappa shape index (κ3) is 2.44. The highest BCUT2D eigenvalue weighted by molar-refractivity contribution is 5.66. The van der Waals surface area contributed by atoms with E-state index in [1.54, 1.807) is 0 Å². The number of aliphatic hydroxyl groups excluding tert-OH is 1. The van der Waals surface area contributed by atoms with Gasteiger partial charge in [-0.05, 0) is 60.2 Å². The van der Waals surface area contributed by atoms with Crippen LogP contribution in [0.25, 0.3) is 0 Å². The van der Waals surface area contributed by atoms with E-state index in [9.17, 15) is 9.90 Å². The summed E-state index contributed by atoms with van der Waals surface area (Å²) in [6.45, 7) is 6.14. The van der Waals surface area contributed by atoms with Gasteiger partial charge < -0.3 is 15.6 Å². The summed E-state index contributed by atoms with van der Waals surface area (Å²) < 4.78 is 5.57. The van der Waals surface area contributed by atoms with Crippen LogP contribution in [0.3, 0.4) is 0 Å². The minimum Gasteiger partial charge on any atom is -0.461 e. The van der Waals surface area contributed by atoms with Gasteiger partial charge in [-0.1, -0.05) is 38.2 Å². The summed E-state index contributed by atoms with van der Waals surface area (Å²) in [5.41, 5.74) is 6.72. The zero-order valence-electron chi connectivity index (χ0n) is 15.5. The van der Waals surface area contributed by atoms with Crippen LogP contribution in [0.2, 0.25) is 0 Å². The lowest BCUT2D eigenvalue weighted by Crippen LogP contribution is -2.53. The molecule has 4 nitrogen and oxygen atoms in total. The molecule has 4 aliphatic carbocycles. The molecule has 0 saturated heterocycles. The number of hydrogen-bond donors (Lipinski definition) is 2. The monoisotopic (exact) mass is 345 g/mol. The van der Waals surface area contributed by atoms with Crippen LogP contribution >= 0.6 is 0 Å². The summed E-state index contributed by atoms with van der Waals surface area (Å²) in [6.07, 6.45) is 12.4. The number of carbonyl (C=O) groups excluding carboxylic acids is 1. The number of carbonyl (C=O) groups is 1. The predicted molar refractivity (Wildman–Crippen MR) is 96.5 cm³/mol. The van der Waals surface area contributed by atoms with Gasteiger partial charge >= 0.3 is 5.97 Å². The Morgan fingerprint density at radius 2 is 1.96 bits per heavy atom. The summed E-state index contributed by atoms with van der Waals surface area (Å²) >= 11 is 0. The van der Waals surface area contributed by atoms with Crippen molar-refractivity contribution in [1.82, 2.24) is 0 Å². The Balaban J connectivity index is 1.66. The Hall–Kier alpha value is -1.13. The molecule has 2 saturated carbocycles. The van der Waals surface area contributed by atoms with Gasteiger partial charge in [0.15, 0.2) is 0 Å². The molecule has 0 aromatic carbocycles. The molecule has 0 aliphatic heterocycles. The van der Waals surface area contributed by atoms with Crippen molar-refractivity contribution in [2.45, 2.75) is 64.7 Å². The van der Waals surface area contributed by atoms with Crippen LogP contribution in [0.1, 0.15) is 46.5 Å². The summed E-state index contributed by atoms with van der Waals surface area (Å²) in [7, 11) is 0. The lowest BCUT2D eigenvalue weighted by atomic mass is 9.48. The number of hydrogen-bond acceptors (Lipinski definition) is 4. The van der Waals surface area contributed by atoms with E-state index >= 15 is 0 Å². The first-order valence-corrected chi connectivity index (χ1v) is 9.74. The summed E-state index contributed by atoms with van der Waals surface area (Å²) in [6, 6.07) is -0.0787. The average molecular weight is 345 g/mol. The Kier molecular flexibility index (Phi) is 3.93. The third-order valence-electron chi connectivity index (χ3n) is 8.07. The summed E-state index contributed by atoms with van der Waals surface area (Å²) in [5, 5.41) is 10.0. The molecule has 0 unspecified atom stereocenters. The number of nitrogens with two attached hydrogens (primary N) is 1. The summed E-state index contributed by atoms with van der Waals surface area (Å²) in [5.74, 6) is 1.70. The quantitative estimate of drug-likeness (QED) is 0.566. The number of allylic oxidation sites excluding steroid dienone is 3. The minimum atomic E-state index is -0.318. The molecule has 4 rings (SSSR count). The lowest BCUT2D eigenvalue weighted by Gasteiger charge is -2.56. The molecule has 138 valence electrons. The van der Waals surface area contributed by atoms with Crippen molar-refractivity contribution in [2.75, 3.05) is 0 Å². The standard InChI is InChI=1S/C21H31NO3/c1-12(23)25-18-11-17-15-5-4-13-10-14(24)6-8-20(13,2)16(15)7-9-21(17,3)19(18)22/h4-6,8,13-19,24H,7,9-11,22H2,1-3H3/t13-,14+,15-,16+,17+,18-,19+,20+,21+/m1/s1. The Morgan fingerprint density at radius 1 is 1.20 bits per heavy atom. The number of ether oxygens (including phenoxy) is 1. The predicted octanol–water partition coefficient (Wildman–Crippen LogP) is 2.81. The van der Waals surface area contributed by atoms with Crippen molar-refractivity contribution in [3.05, 3.63) is 24.3 Å². The van der Waals surface area contributed by atoms with E-state index in [-0.39, 0.29) is 35.0 Å². The van der Waals surface area contributed by atoms with Crippen molar-refractivity contribution in [2.24, 2.45) is 40.2 Å². The molecule has 0 aromatic rings. The molecule has 3 N–H and O–H groups in total. The van der Waals surface area contributed by atoms with Gasteiger partial charge in [0.2, 0.25) is 0 Å². The second-order valence-electron chi connectivity index (χ2n) is 9.26. The van der Waals surface area contributed by atoms with Crippen molar-refractivity contribution >= 4 is 5.97 Å². The maximum absolute atomic E-state index is 11.5. The highest BCUT2D eigenvalue weighted by Crippen LogP contribution is 2.63. The van der Waals surface area contributed by atoms with E-state index in [0.29, 0.717) is 23.7 Å². The minimum absolute atomic E-state index is 0.0344. The zero-order valence-corrected chi connectivity index (χ0v) is 15.5. The van der Waals surface area contributed by atoms with Gasteiger partial charge in [0.1, 0.15) is 6.10 Å². The van der Waals surface area contributed by atoms with E-state index < -0.39 is 0 Å². The Morgan fingerprint density at radius 3 is 2.68 bits per heavy atom. The molecule has 0 radical (unpaired) electrons. The van der Waals surface area contributed by atoms with E-state index in [1.165, 1.54) is 6.92 Å². The van der Waals surface area contributed by atoms with Gasteiger partial charge in [0.05, 0.1) is 6.10 Å². The fourth-order valence-electron chi connectivity index (χ4n) is 6.54. The second kappa shape index (κ2) is 5.68. The molecule has 0 bridgehead atoms. The van der Waals surface area contributed by atoms with Gasteiger partial charge in [-0.3, -0.25) is 4.79 Å². The van der Waals surface area contributed by atoms with Crippen LogP contribution in [0.4, 0.5) is 0 Å². The fraction of sp³-hybridized carbons (Fsp3) is 0.762. The molecule has 0 amide bonds. The molecule has 25 heavy (non-hydrogen) atoms. The van der Waals surface area contributed by atoms with Crippen LogP contribution < -0.4 is 5.73 Å². The molecule has 0 spiro atoms. The highest BCUT2D eigenvalue weighted by Gasteiger charge is 2.60. The van der Waals surface area contributed by atoms with Crippen molar-refractivity contribution < 1.29 is 14.6 Å². The molecule has 9 atom stereocenters. The van der Waals surface area contributed by atoms with Gasteiger partial charge in [0.25, 0.3) is 0 Å². The van der Waals surface area contributed by atoms with Gasteiger partial charge in [-0.25, -0.2) is 0 Å². The zero-order chi connectivity index (χ0) is 18.0. The molecule has 2 fully saturated rings. The second-order valence-corrected chi connectivity index (χ2v) is 9.26. The van der Waals surface area contributed by atoms with E-state index in [4.69, 9.17) is 10.5 Å². The van der Waals surface area contributed by atoms with Crippen LogP contribution in [0, 0.1) is 34.5 Å². The largest absolute Gasteiger partial charge is 0.461 e. The lowest BCUT2D eigenvalue weighted by molar-refractivity contribution is -0.147. The fourth-order valence-corrected chi connectivity index (χ4v) is 6.54. The van der Waals surface area contributed by atoms with Crippen LogP contribution in [0.15, 0.2) is 24.3 Å². The maximum Gasteiger partial charge on any atom is 0.302 e. The molecule has 4 aliphatic rings. The van der Waals surface area contributed by atoms with Crippen molar-refractivity contribution in [1.29, 1.82) is 0 Å². The van der Waals surface area contributed by atoms with E-state index in [2.05, 4.69) is 32.1 Å². The highest BCUT2D eigenvalue weighted by atomic mass is 16.5. The first kappa shape index (κ1) is 17.3. The van der Waals surface area contributed by atoms with E-state index in [0.717, 1.165) is 25.7 Å². The molecule has 0 heterocycles. The summed E-state index contributed by atoms with van der Waals surface area (Å²) in [4.78, 5) is 11.5. The maximum atomic E-state index is 11.5. The molecule has 0 aromatic heterocycles. The van der Waals surface area contributed by atoms with Gasteiger partial charge in [0, 0.05) is 13.0 Å². The molecular weight excluding hydrogens is 314 g/mol. The normalized spacial score (nSPS) is 53.7. The number of rotatable bonds is 1. The van der Waals surface area contributed by atoms with Crippen molar-refractivity contribution in [3.8, 4) is 0 Å². The first-order valence-electron chi connectivity index (χ1n) is 9.74. The number of aliphatic hydroxyl groups is 1. The Bertz CT molecular complexity index is 629. The van der Waals surface area contributed by atoms with Crippen LogP contribution in [-0.2, 0) is 9.53 Å². The average Bonchev–Trinajstić information content (AvgIpc) is 2.79. The number of esters is 1. The third-order valence-corrected chi connectivity index (χ3v) is 8.07. The van der Waals surface area contributed by atoms with E-state index in [1.807, 2.05) is 6.08 Å². The molecular formula is C21H31NO3. The smallest absolute Gasteiger partial charge is 0.302 e.